The molecule has 0 N–H and O–H groups in total. The highest BCUT2D eigenvalue weighted by molar-refractivity contribution is 6.22. The van der Waals surface area contributed by atoms with Gasteiger partial charge in [-0.15, -0.1) is 0 Å². The summed E-state index contributed by atoms with van der Waals surface area (Å²) in [5.41, 5.74) is 1.25. The second-order valence-corrected chi connectivity index (χ2v) is 7.30. The van der Waals surface area contributed by atoms with Gasteiger partial charge in [0.1, 0.15) is 0 Å². The lowest BCUT2D eigenvalue weighted by molar-refractivity contribution is 0.0595. The van der Waals surface area contributed by atoms with E-state index >= 15 is 0 Å². The fraction of sp³-hybridized carbons (Fsp3) is 0.550. The van der Waals surface area contributed by atoms with Crippen molar-refractivity contribution in [3.05, 3.63) is 34.9 Å². The average molecular weight is 357 g/mol. The third-order valence-corrected chi connectivity index (χ3v) is 5.28. The number of benzene rings is 1. The van der Waals surface area contributed by atoms with Gasteiger partial charge < -0.3 is 4.90 Å². The third-order valence-electron chi connectivity index (χ3n) is 5.28. The van der Waals surface area contributed by atoms with E-state index in [1.165, 1.54) is 4.90 Å². The normalized spacial score (nSPS) is 18.0. The predicted molar refractivity (Wildman–Crippen MR) is 99.3 cm³/mol. The molecule has 1 aromatic carbocycles. The number of unbranched alkanes of at least 4 members (excludes halogenated alkanes) is 1. The second kappa shape index (κ2) is 7.58. The van der Waals surface area contributed by atoms with Gasteiger partial charge in [0.15, 0.2) is 0 Å². The molecule has 3 rings (SSSR count). The smallest absolute Gasteiger partial charge is 0.261 e. The van der Waals surface area contributed by atoms with Crippen LogP contribution in [0, 0.1) is 0 Å². The summed E-state index contributed by atoms with van der Waals surface area (Å²) < 4.78 is 0. The minimum Gasteiger partial charge on any atom is -0.336 e. The lowest BCUT2D eigenvalue weighted by Gasteiger charge is -2.37. The minimum atomic E-state index is -0.280. The number of carbonyl (C=O) groups is 3. The topological polar surface area (TPSA) is 60.9 Å². The first-order chi connectivity index (χ1) is 12.4. The summed E-state index contributed by atoms with van der Waals surface area (Å²) in [6.45, 7) is 9.85. The highest BCUT2D eigenvalue weighted by atomic mass is 16.2. The van der Waals surface area contributed by atoms with Crippen molar-refractivity contribution < 1.29 is 14.4 Å². The molecule has 2 aliphatic heterocycles. The number of amides is 3. The number of imide groups is 1. The van der Waals surface area contributed by atoms with Gasteiger partial charge in [0.25, 0.3) is 17.7 Å². The molecular formula is C20H27N3O3. The van der Waals surface area contributed by atoms with Gasteiger partial charge >= 0.3 is 0 Å². The standard InChI is InChI=1S/C20H27N3O3/c1-4-5-8-23-19(25)16-7-6-15(13-17(16)20(23)26)18(24)22-11-9-21(10-12-22)14(2)3/h6-7,13-14H,4-5,8-12H2,1-3H3. The van der Waals surface area contributed by atoms with Gasteiger partial charge in [0, 0.05) is 44.3 Å². The van der Waals surface area contributed by atoms with Crippen LogP contribution in [0.4, 0.5) is 0 Å². The Morgan fingerprint density at radius 3 is 2.31 bits per heavy atom. The van der Waals surface area contributed by atoms with Gasteiger partial charge in [0.05, 0.1) is 11.1 Å². The summed E-state index contributed by atoms with van der Waals surface area (Å²) >= 11 is 0. The van der Waals surface area contributed by atoms with Gasteiger partial charge in [-0.05, 0) is 38.5 Å². The van der Waals surface area contributed by atoms with Crippen LogP contribution in [0.2, 0.25) is 0 Å². The Kier molecular flexibility index (Phi) is 5.41. The molecule has 0 radical (unpaired) electrons. The van der Waals surface area contributed by atoms with Crippen molar-refractivity contribution in [1.29, 1.82) is 0 Å². The predicted octanol–water partition coefficient (Wildman–Crippen LogP) is 2.25. The molecule has 0 saturated carbocycles. The quantitative estimate of drug-likeness (QED) is 0.759. The number of fused-ring (bicyclic) bond motifs is 1. The Bertz CT molecular complexity index is 721. The Hall–Kier alpha value is -2.21. The van der Waals surface area contributed by atoms with Crippen molar-refractivity contribution in [2.45, 2.75) is 39.7 Å². The number of nitrogens with zero attached hydrogens (tertiary/aromatic N) is 3. The molecule has 140 valence electrons. The van der Waals surface area contributed by atoms with Crippen LogP contribution in [0.3, 0.4) is 0 Å². The fourth-order valence-corrected chi connectivity index (χ4v) is 3.57. The maximum atomic E-state index is 12.8. The molecule has 3 amide bonds. The zero-order chi connectivity index (χ0) is 18.8. The Morgan fingerprint density at radius 1 is 1.04 bits per heavy atom. The van der Waals surface area contributed by atoms with Gasteiger partial charge in [0.2, 0.25) is 0 Å². The average Bonchev–Trinajstić information content (AvgIpc) is 2.89. The molecule has 0 unspecified atom stereocenters. The molecule has 2 heterocycles. The van der Waals surface area contributed by atoms with E-state index in [0.717, 1.165) is 25.9 Å². The third kappa shape index (κ3) is 3.38. The molecule has 0 atom stereocenters. The van der Waals surface area contributed by atoms with Crippen molar-refractivity contribution >= 4 is 17.7 Å². The van der Waals surface area contributed by atoms with Crippen molar-refractivity contribution in [3.8, 4) is 0 Å². The van der Waals surface area contributed by atoms with Crippen molar-refractivity contribution in [2.75, 3.05) is 32.7 Å². The van der Waals surface area contributed by atoms with Crippen molar-refractivity contribution in [3.63, 3.8) is 0 Å². The first-order valence-corrected chi connectivity index (χ1v) is 9.47. The molecule has 1 aromatic rings. The van der Waals surface area contributed by atoms with Crippen LogP contribution in [0.15, 0.2) is 18.2 Å². The van der Waals surface area contributed by atoms with Crippen LogP contribution in [0.1, 0.15) is 64.7 Å². The van der Waals surface area contributed by atoms with E-state index < -0.39 is 0 Å². The summed E-state index contributed by atoms with van der Waals surface area (Å²) in [4.78, 5) is 43.2. The van der Waals surface area contributed by atoms with Crippen molar-refractivity contribution in [1.82, 2.24) is 14.7 Å². The SMILES string of the molecule is CCCCN1C(=O)c2ccc(C(=O)N3CCN(C(C)C)CC3)cc2C1=O. The Labute approximate surface area is 154 Å². The van der Waals surface area contributed by atoms with Gasteiger partial charge in [-0.25, -0.2) is 0 Å². The second-order valence-electron chi connectivity index (χ2n) is 7.30. The molecule has 6 nitrogen and oxygen atoms in total. The Balaban J connectivity index is 1.74. The summed E-state index contributed by atoms with van der Waals surface area (Å²) in [6, 6.07) is 5.37. The number of hydrogen-bond donors (Lipinski definition) is 0. The molecule has 1 saturated heterocycles. The zero-order valence-electron chi connectivity index (χ0n) is 15.8. The van der Waals surface area contributed by atoms with Crippen LogP contribution in [-0.4, -0.2) is 71.2 Å². The van der Waals surface area contributed by atoms with Crippen LogP contribution in [0.5, 0.6) is 0 Å². The van der Waals surface area contributed by atoms with Crippen LogP contribution in [0.25, 0.3) is 0 Å². The molecule has 2 aliphatic rings. The van der Waals surface area contributed by atoms with E-state index in [0.29, 0.717) is 42.4 Å². The summed E-state index contributed by atoms with van der Waals surface area (Å²) in [5, 5.41) is 0. The number of piperazine rings is 1. The highest BCUT2D eigenvalue weighted by Crippen LogP contribution is 2.25. The number of hydrogen-bond acceptors (Lipinski definition) is 4. The first kappa shape index (κ1) is 18.6. The fourth-order valence-electron chi connectivity index (χ4n) is 3.57. The lowest BCUT2D eigenvalue weighted by Crippen LogP contribution is -2.50. The maximum Gasteiger partial charge on any atom is 0.261 e. The van der Waals surface area contributed by atoms with Crippen LogP contribution < -0.4 is 0 Å². The van der Waals surface area contributed by atoms with E-state index in [-0.39, 0.29) is 17.7 Å². The first-order valence-electron chi connectivity index (χ1n) is 9.47. The summed E-state index contributed by atoms with van der Waals surface area (Å²) in [7, 11) is 0. The Morgan fingerprint density at radius 2 is 1.69 bits per heavy atom. The molecule has 0 spiro atoms. The van der Waals surface area contributed by atoms with E-state index in [1.54, 1.807) is 18.2 Å². The molecular weight excluding hydrogens is 330 g/mol. The van der Waals surface area contributed by atoms with Crippen LogP contribution in [-0.2, 0) is 0 Å². The molecule has 26 heavy (non-hydrogen) atoms. The molecule has 1 fully saturated rings. The molecule has 6 heteroatoms. The summed E-state index contributed by atoms with van der Waals surface area (Å²) in [5.74, 6) is -0.593. The zero-order valence-corrected chi connectivity index (χ0v) is 15.8. The maximum absolute atomic E-state index is 12.8. The van der Waals surface area contributed by atoms with Gasteiger partial charge in [-0.1, -0.05) is 13.3 Å². The lowest BCUT2D eigenvalue weighted by atomic mass is 10.0. The molecule has 0 bridgehead atoms. The van der Waals surface area contributed by atoms with Gasteiger partial charge in [-0.2, -0.15) is 0 Å². The van der Waals surface area contributed by atoms with E-state index in [4.69, 9.17) is 0 Å². The van der Waals surface area contributed by atoms with Crippen LogP contribution >= 0.6 is 0 Å². The van der Waals surface area contributed by atoms with Crippen molar-refractivity contribution in [2.24, 2.45) is 0 Å². The minimum absolute atomic E-state index is 0.0662. The molecule has 0 aliphatic carbocycles. The summed E-state index contributed by atoms with van der Waals surface area (Å²) in [6.07, 6.45) is 1.71. The largest absolute Gasteiger partial charge is 0.336 e. The molecule has 0 aromatic heterocycles. The number of carbonyl (C=O) groups excluding carboxylic acids is 3. The van der Waals surface area contributed by atoms with E-state index in [9.17, 15) is 14.4 Å². The highest BCUT2D eigenvalue weighted by Gasteiger charge is 2.36. The van der Waals surface area contributed by atoms with E-state index in [2.05, 4.69) is 18.7 Å². The van der Waals surface area contributed by atoms with Gasteiger partial charge in [-0.3, -0.25) is 24.2 Å². The van der Waals surface area contributed by atoms with E-state index in [1.807, 2.05) is 11.8 Å². The number of rotatable bonds is 5. The monoisotopic (exact) mass is 357 g/mol.